The first kappa shape index (κ1) is 19.3. The molecule has 28 heavy (non-hydrogen) atoms. The number of amides is 2. The van der Waals surface area contributed by atoms with E-state index >= 15 is 0 Å². The lowest BCUT2D eigenvalue weighted by Crippen LogP contribution is -2.59. The van der Waals surface area contributed by atoms with Gasteiger partial charge in [0.1, 0.15) is 5.54 Å². The molecule has 0 saturated carbocycles. The van der Waals surface area contributed by atoms with Crippen LogP contribution in [0.4, 0.5) is 15.8 Å². The van der Waals surface area contributed by atoms with Gasteiger partial charge >= 0.3 is 5.97 Å². The van der Waals surface area contributed by atoms with Crippen molar-refractivity contribution in [3.63, 3.8) is 0 Å². The lowest BCUT2D eigenvalue weighted by atomic mass is 9.96. The van der Waals surface area contributed by atoms with Crippen molar-refractivity contribution < 1.29 is 28.2 Å². The monoisotopic (exact) mass is 386 g/mol. The van der Waals surface area contributed by atoms with Gasteiger partial charge < -0.3 is 14.8 Å². The van der Waals surface area contributed by atoms with Gasteiger partial charge in [-0.3, -0.25) is 14.5 Å². The van der Waals surface area contributed by atoms with Crippen molar-refractivity contribution in [2.75, 3.05) is 23.9 Å². The van der Waals surface area contributed by atoms with E-state index in [0.29, 0.717) is 11.4 Å². The van der Waals surface area contributed by atoms with Gasteiger partial charge in [0.05, 0.1) is 24.0 Å². The Labute approximate surface area is 161 Å². The second-order valence-electron chi connectivity index (χ2n) is 6.68. The minimum Gasteiger partial charge on any atom is -0.494 e. The molecule has 0 saturated heterocycles. The molecule has 1 N–H and O–H groups in total. The summed E-state index contributed by atoms with van der Waals surface area (Å²) in [5.41, 5.74) is -0.237. The molecule has 0 fully saturated rings. The SMILES string of the molecule is COc1ccc(C(=O)OCC(=O)N2c3ccccc3NC(=O)C2(C)C)cc1F. The van der Waals surface area contributed by atoms with Gasteiger partial charge in [-0.1, -0.05) is 12.1 Å². The second-order valence-corrected chi connectivity index (χ2v) is 6.68. The Balaban J connectivity index is 1.78. The zero-order valence-corrected chi connectivity index (χ0v) is 15.6. The first-order valence-corrected chi connectivity index (χ1v) is 8.50. The topological polar surface area (TPSA) is 84.9 Å². The van der Waals surface area contributed by atoms with E-state index in [-0.39, 0.29) is 17.2 Å². The number of methoxy groups -OCH3 is 1. The predicted molar refractivity (Wildman–Crippen MR) is 99.9 cm³/mol. The van der Waals surface area contributed by atoms with Gasteiger partial charge in [-0.05, 0) is 44.2 Å². The maximum absolute atomic E-state index is 13.8. The van der Waals surface area contributed by atoms with Crippen LogP contribution in [0.15, 0.2) is 42.5 Å². The average Bonchev–Trinajstić information content (AvgIpc) is 2.66. The predicted octanol–water partition coefficient (Wildman–Crippen LogP) is 2.76. The van der Waals surface area contributed by atoms with Crippen molar-refractivity contribution in [1.29, 1.82) is 0 Å². The fourth-order valence-electron chi connectivity index (χ4n) is 2.97. The van der Waals surface area contributed by atoms with Crippen molar-refractivity contribution in [2.24, 2.45) is 0 Å². The Morgan fingerprint density at radius 3 is 2.57 bits per heavy atom. The van der Waals surface area contributed by atoms with E-state index in [1.165, 1.54) is 24.1 Å². The first-order chi connectivity index (χ1) is 13.3. The lowest BCUT2D eigenvalue weighted by Gasteiger charge is -2.41. The van der Waals surface area contributed by atoms with Crippen LogP contribution in [0.3, 0.4) is 0 Å². The van der Waals surface area contributed by atoms with E-state index in [1.54, 1.807) is 38.1 Å². The molecule has 3 rings (SSSR count). The summed E-state index contributed by atoms with van der Waals surface area (Å²) in [6, 6.07) is 10.4. The maximum atomic E-state index is 13.8. The normalized spacial score (nSPS) is 14.7. The van der Waals surface area contributed by atoms with Gasteiger partial charge in [0.2, 0.25) is 5.91 Å². The third-order valence-corrected chi connectivity index (χ3v) is 4.47. The van der Waals surface area contributed by atoms with Crippen molar-refractivity contribution in [3.8, 4) is 5.75 Å². The zero-order chi connectivity index (χ0) is 20.5. The van der Waals surface area contributed by atoms with Gasteiger partial charge in [0, 0.05) is 0 Å². The van der Waals surface area contributed by atoms with Crippen LogP contribution in [0.2, 0.25) is 0 Å². The molecule has 2 aromatic rings. The largest absolute Gasteiger partial charge is 0.494 e. The van der Waals surface area contributed by atoms with Crippen LogP contribution < -0.4 is 15.0 Å². The number of ether oxygens (including phenoxy) is 2. The van der Waals surface area contributed by atoms with Gasteiger partial charge in [0.15, 0.2) is 18.2 Å². The zero-order valence-electron chi connectivity index (χ0n) is 15.6. The van der Waals surface area contributed by atoms with E-state index in [1.807, 2.05) is 0 Å². The smallest absolute Gasteiger partial charge is 0.338 e. The molecule has 2 aromatic carbocycles. The number of benzene rings is 2. The number of hydrogen-bond acceptors (Lipinski definition) is 5. The van der Waals surface area contributed by atoms with Crippen molar-refractivity contribution in [1.82, 2.24) is 0 Å². The van der Waals surface area contributed by atoms with Crippen molar-refractivity contribution >= 4 is 29.2 Å². The number of fused-ring (bicyclic) bond motifs is 1. The number of nitrogens with one attached hydrogen (secondary N) is 1. The Hall–Kier alpha value is -3.42. The second kappa shape index (κ2) is 7.30. The Bertz CT molecular complexity index is 957. The summed E-state index contributed by atoms with van der Waals surface area (Å²) in [6.45, 7) is 2.59. The van der Waals surface area contributed by atoms with Gasteiger partial charge in [-0.2, -0.15) is 0 Å². The van der Waals surface area contributed by atoms with Crippen LogP contribution >= 0.6 is 0 Å². The third kappa shape index (κ3) is 3.40. The minimum absolute atomic E-state index is 0.00897. The summed E-state index contributed by atoms with van der Waals surface area (Å²) in [6.07, 6.45) is 0. The molecule has 2 amide bonds. The van der Waals surface area contributed by atoms with E-state index in [0.717, 1.165) is 6.07 Å². The molecule has 0 spiro atoms. The summed E-state index contributed by atoms with van der Waals surface area (Å²) in [4.78, 5) is 38.7. The number of anilines is 2. The summed E-state index contributed by atoms with van der Waals surface area (Å²) >= 11 is 0. The quantitative estimate of drug-likeness (QED) is 0.817. The van der Waals surface area contributed by atoms with Crippen LogP contribution in [0.5, 0.6) is 5.75 Å². The highest BCUT2D eigenvalue weighted by molar-refractivity contribution is 6.14. The molecule has 1 heterocycles. The molecule has 0 unspecified atom stereocenters. The molecule has 0 radical (unpaired) electrons. The van der Waals surface area contributed by atoms with Crippen LogP contribution in [-0.4, -0.2) is 37.0 Å². The van der Waals surface area contributed by atoms with Crippen LogP contribution in [0, 0.1) is 5.82 Å². The maximum Gasteiger partial charge on any atom is 0.338 e. The molecule has 7 nitrogen and oxygen atoms in total. The highest BCUT2D eigenvalue weighted by Gasteiger charge is 2.43. The van der Waals surface area contributed by atoms with E-state index in [2.05, 4.69) is 5.32 Å². The van der Waals surface area contributed by atoms with E-state index in [4.69, 9.17) is 9.47 Å². The number of carbonyl (C=O) groups excluding carboxylic acids is 3. The molecule has 0 aliphatic carbocycles. The fourth-order valence-corrected chi connectivity index (χ4v) is 2.97. The number of carbonyl (C=O) groups is 3. The first-order valence-electron chi connectivity index (χ1n) is 8.50. The highest BCUT2D eigenvalue weighted by Crippen LogP contribution is 2.36. The summed E-state index contributed by atoms with van der Waals surface area (Å²) in [5, 5.41) is 2.75. The van der Waals surface area contributed by atoms with Crippen LogP contribution in [0.1, 0.15) is 24.2 Å². The molecule has 1 aliphatic heterocycles. The van der Waals surface area contributed by atoms with Gasteiger partial charge in [-0.25, -0.2) is 9.18 Å². The van der Waals surface area contributed by atoms with Gasteiger partial charge in [-0.15, -0.1) is 0 Å². The van der Waals surface area contributed by atoms with Crippen LogP contribution in [-0.2, 0) is 14.3 Å². The Morgan fingerprint density at radius 2 is 1.89 bits per heavy atom. The van der Waals surface area contributed by atoms with E-state index in [9.17, 15) is 18.8 Å². The number of halogens is 1. The number of esters is 1. The highest BCUT2D eigenvalue weighted by atomic mass is 19.1. The molecule has 0 bridgehead atoms. The number of hydrogen-bond donors (Lipinski definition) is 1. The number of nitrogens with zero attached hydrogens (tertiary/aromatic N) is 1. The Morgan fingerprint density at radius 1 is 1.18 bits per heavy atom. The molecule has 146 valence electrons. The molecular formula is C20H19FN2O5. The summed E-state index contributed by atoms with van der Waals surface area (Å²) in [5.74, 6) is -2.52. The Kier molecular flexibility index (Phi) is 5.04. The minimum atomic E-state index is -1.18. The number of para-hydroxylation sites is 2. The molecular weight excluding hydrogens is 367 g/mol. The van der Waals surface area contributed by atoms with Crippen molar-refractivity contribution in [3.05, 3.63) is 53.8 Å². The van der Waals surface area contributed by atoms with E-state index < -0.39 is 29.8 Å². The standard InChI is InChI=1S/C20H19FN2O5/c1-20(2)19(26)22-14-6-4-5-7-15(14)23(20)17(24)11-28-18(25)12-8-9-16(27-3)13(21)10-12/h4-10H,11H2,1-3H3,(H,22,26). The third-order valence-electron chi connectivity index (χ3n) is 4.47. The summed E-state index contributed by atoms with van der Waals surface area (Å²) in [7, 11) is 1.31. The summed E-state index contributed by atoms with van der Waals surface area (Å²) < 4.78 is 23.6. The molecule has 8 heteroatoms. The van der Waals surface area contributed by atoms with Crippen molar-refractivity contribution in [2.45, 2.75) is 19.4 Å². The number of rotatable bonds is 4. The molecule has 0 aromatic heterocycles. The fraction of sp³-hybridized carbons (Fsp3) is 0.250. The van der Waals surface area contributed by atoms with Gasteiger partial charge in [0.25, 0.3) is 5.91 Å². The average molecular weight is 386 g/mol. The molecule has 0 atom stereocenters. The van der Waals surface area contributed by atoms with Crippen LogP contribution in [0.25, 0.3) is 0 Å². The molecule has 1 aliphatic rings. The lowest BCUT2D eigenvalue weighted by molar-refractivity contribution is -0.128.